The fourth-order valence-corrected chi connectivity index (χ4v) is 3.04. The number of H-pyrrole nitrogens is 1. The molecule has 0 spiro atoms. The number of rotatable bonds is 14. The quantitative estimate of drug-likeness (QED) is 0.388. The number of nitrogens with one attached hydrogen (secondary N) is 1. The highest BCUT2D eigenvalue weighted by molar-refractivity contribution is 5.78. The first-order valence-corrected chi connectivity index (χ1v) is 10.8. The van der Waals surface area contributed by atoms with Crippen LogP contribution in [0.1, 0.15) is 102 Å². The van der Waals surface area contributed by atoms with Crippen molar-refractivity contribution in [3.8, 4) is 0 Å². The van der Waals surface area contributed by atoms with E-state index in [2.05, 4.69) is 21.9 Å². The Morgan fingerprint density at radius 3 is 1.81 bits per heavy atom. The molecule has 0 saturated carbocycles. The number of carbonyl (C=O) groups is 1. The van der Waals surface area contributed by atoms with Crippen LogP contribution in [0.5, 0.6) is 0 Å². The molecule has 0 aliphatic carbocycles. The van der Waals surface area contributed by atoms with Crippen molar-refractivity contribution in [3.05, 3.63) is 37.4 Å². The summed E-state index contributed by atoms with van der Waals surface area (Å²) in [5.74, 6) is 0.167. The highest BCUT2D eigenvalue weighted by Crippen LogP contribution is 2.13. The van der Waals surface area contributed by atoms with Crippen LogP contribution in [0.15, 0.2) is 37.4 Å². The van der Waals surface area contributed by atoms with Crippen molar-refractivity contribution >= 4 is 5.91 Å². The predicted molar refractivity (Wildman–Crippen MR) is 112 cm³/mol. The number of nitrogens with zero attached hydrogens (tertiary/aromatic N) is 3. The van der Waals surface area contributed by atoms with Crippen molar-refractivity contribution in [3.63, 3.8) is 0 Å². The normalized spacial score (nSPS) is 10.4. The second-order valence-electron chi connectivity index (χ2n) is 7.12. The third-order valence-corrected chi connectivity index (χ3v) is 4.69. The predicted octanol–water partition coefficient (Wildman–Crippen LogP) is 6.41. The summed E-state index contributed by atoms with van der Waals surface area (Å²) in [7, 11) is 0. The third kappa shape index (κ3) is 13.9. The summed E-state index contributed by atoms with van der Waals surface area (Å²) in [6, 6.07) is 0. The number of hydrogen-bond donors (Lipinski definition) is 1. The van der Waals surface area contributed by atoms with E-state index in [1.54, 1.807) is 42.0 Å². The van der Waals surface area contributed by atoms with Gasteiger partial charge in [0.25, 0.3) is 0 Å². The molecule has 5 nitrogen and oxygen atoms in total. The summed E-state index contributed by atoms with van der Waals surface area (Å²) in [6.45, 7) is 2.27. The zero-order valence-corrected chi connectivity index (χ0v) is 17.1. The van der Waals surface area contributed by atoms with E-state index in [0.29, 0.717) is 6.42 Å². The van der Waals surface area contributed by atoms with Crippen LogP contribution in [0.4, 0.5) is 0 Å². The van der Waals surface area contributed by atoms with E-state index in [1.807, 2.05) is 0 Å². The van der Waals surface area contributed by atoms with Gasteiger partial charge in [0.1, 0.15) is 6.33 Å². The van der Waals surface area contributed by atoms with E-state index in [4.69, 9.17) is 0 Å². The minimum atomic E-state index is 0.167. The number of imidazole rings is 2. The van der Waals surface area contributed by atoms with Crippen LogP contribution in [0, 0.1) is 0 Å². The van der Waals surface area contributed by atoms with Crippen LogP contribution < -0.4 is 0 Å². The topological polar surface area (TPSA) is 63.6 Å². The summed E-state index contributed by atoms with van der Waals surface area (Å²) < 4.78 is 1.58. The Morgan fingerprint density at radius 1 is 0.815 bits per heavy atom. The lowest BCUT2D eigenvalue weighted by molar-refractivity contribution is 0.0898. The lowest BCUT2D eigenvalue weighted by Crippen LogP contribution is -2.07. The second-order valence-corrected chi connectivity index (χ2v) is 7.12. The van der Waals surface area contributed by atoms with Gasteiger partial charge in [-0.1, -0.05) is 84.0 Å². The van der Waals surface area contributed by atoms with E-state index in [9.17, 15) is 4.79 Å². The van der Waals surface area contributed by atoms with Gasteiger partial charge in [0.2, 0.25) is 5.91 Å². The fraction of sp³-hybridized carbons (Fsp3) is 0.682. The van der Waals surface area contributed by atoms with Crippen molar-refractivity contribution in [1.29, 1.82) is 0 Å². The Morgan fingerprint density at radius 2 is 1.41 bits per heavy atom. The molecule has 2 aromatic heterocycles. The summed E-state index contributed by atoms with van der Waals surface area (Å²) in [6.07, 6.45) is 28.1. The van der Waals surface area contributed by atoms with E-state index in [-0.39, 0.29) is 5.91 Å². The molecule has 0 aromatic carbocycles. The average molecular weight is 375 g/mol. The second kappa shape index (κ2) is 17.5. The molecule has 2 heterocycles. The van der Waals surface area contributed by atoms with Gasteiger partial charge < -0.3 is 4.98 Å². The molecule has 0 atom stereocenters. The molecule has 0 amide bonds. The summed E-state index contributed by atoms with van der Waals surface area (Å²) in [4.78, 5) is 22.0. The molecule has 0 radical (unpaired) electrons. The maximum atomic E-state index is 11.7. The van der Waals surface area contributed by atoms with Crippen LogP contribution in [0.25, 0.3) is 0 Å². The van der Waals surface area contributed by atoms with Crippen LogP contribution in [0.2, 0.25) is 0 Å². The van der Waals surface area contributed by atoms with Crippen molar-refractivity contribution in [1.82, 2.24) is 19.5 Å². The molecule has 0 bridgehead atoms. The van der Waals surface area contributed by atoms with Crippen molar-refractivity contribution in [2.45, 2.75) is 96.8 Å². The molecule has 27 heavy (non-hydrogen) atoms. The van der Waals surface area contributed by atoms with Gasteiger partial charge in [0, 0.05) is 31.2 Å². The largest absolute Gasteiger partial charge is 0.351 e. The van der Waals surface area contributed by atoms with Crippen molar-refractivity contribution < 1.29 is 4.79 Å². The van der Waals surface area contributed by atoms with E-state index >= 15 is 0 Å². The molecule has 0 aliphatic heterocycles. The number of aromatic nitrogens is 4. The number of aromatic amines is 1. The van der Waals surface area contributed by atoms with Crippen LogP contribution in [0.3, 0.4) is 0 Å². The Balaban J connectivity index is 0.000000625. The minimum absolute atomic E-state index is 0.167. The number of unbranched alkanes of at least 4 members (excludes halogenated alkanes) is 12. The van der Waals surface area contributed by atoms with Crippen molar-refractivity contribution in [2.75, 3.05) is 0 Å². The van der Waals surface area contributed by atoms with Gasteiger partial charge >= 0.3 is 0 Å². The molecule has 152 valence electrons. The van der Waals surface area contributed by atoms with E-state index in [1.165, 1.54) is 77.0 Å². The molecule has 2 rings (SSSR count). The summed E-state index contributed by atoms with van der Waals surface area (Å²) in [5, 5.41) is 0. The van der Waals surface area contributed by atoms with Gasteiger partial charge in [0.15, 0.2) is 0 Å². The smallest absolute Gasteiger partial charge is 0.231 e. The Kier molecular flexibility index (Phi) is 15.0. The highest BCUT2D eigenvalue weighted by Gasteiger charge is 2.02. The molecule has 0 saturated heterocycles. The molecular weight excluding hydrogens is 336 g/mol. The van der Waals surface area contributed by atoms with Gasteiger partial charge in [-0.3, -0.25) is 9.36 Å². The summed E-state index contributed by atoms with van der Waals surface area (Å²) >= 11 is 0. The highest BCUT2D eigenvalue weighted by atomic mass is 16.2. The fourth-order valence-electron chi connectivity index (χ4n) is 3.04. The van der Waals surface area contributed by atoms with Gasteiger partial charge in [-0.25, -0.2) is 9.97 Å². The first kappa shape index (κ1) is 23.1. The molecule has 2 aromatic rings. The molecular formula is C22H38N4O. The van der Waals surface area contributed by atoms with Crippen LogP contribution >= 0.6 is 0 Å². The molecule has 1 N–H and O–H groups in total. The van der Waals surface area contributed by atoms with Gasteiger partial charge in [-0.15, -0.1) is 0 Å². The lowest BCUT2D eigenvalue weighted by atomic mass is 10.0. The maximum Gasteiger partial charge on any atom is 0.231 e. The minimum Gasteiger partial charge on any atom is -0.351 e. The SMILES string of the molecule is CCCCCCCCCCCCCCCC(=O)n1ccnc1.c1c[nH]cn1. The molecule has 0 aliphatic rings. The Hall–Kier alpha value is -1.91. The first-order chi connectivity index (χ1) is 13.3. The summed E-state index contributed by atoms with van der Waals surface area (Å²) in [5.41, 5.74) is 0. The van der Waals surface area contributed by atoms with Gasteiger partial charge in [-0.05, 0) is 6.42 Å². The number of carbonyl (C=O) groups excluding carboxylic acids is 1. The van der Waals surface area contributed by atoms with Crippen molar-refractivity contribution in [2.24, 2.45) is 0 Å². The molecule has 0 fully saturated rings. The molecule has 0 unspecified atom stereocenters. The average Bonchev–Trinajstić information content (AvgIpc) is 3.42. The Labute approximate surface area is 165 Å². The maximum absolute atomic E-state index is 11.7. The number of hydrogen-bond acceptors (Lipinski definition) is 3. The van der Waals surface area contributed by atoms with Crippen LogP contribution in [-0.2, 0) is 0 Å². The molecule has 5 heteroatoms. The zero-order chi connectivity index (χ0) is 19.4. The zero-order valence-electron chi connectivity index (χ0n) is 17.1. The standard InChI is InChI=1S/C19H34N2O.C3H4N2/c1-2-3-4-5-6-7-8-9-10-11-12-13-14-15-19(22)21-17-16-20-18-21;1-2-5-3-4-1/h16-18H,2-15H2,1H3;1-3H,(H,4,5). The Bertz CT molecular complexity index is 505. The van der Waals surface area contributed by atoms with E-state index in [0.717, 1.165) is 6.42 Å². The third-order valence-electron chi connectivity index (χ3n) is 4.69. The van der Waals surface area contributed by atoms with Gasteiger partial charge in [-0.2, -0.15) is 0 Å². The lowest BCUT2D eigenvalue weighted by Gasteiger charge is -2.03. The monoisotopic (exact) mass is 374 g/mol. The van der Waals surface area contributed by atoms with Crippen LogP contribution in [-0.4, -0.2) is 25.4 Å². The first-order valence-electron chi connectivity index (χ1n) is 10.8. The van der Waals surface area contributed by atoms with E-state index < -0.39 is 0 Å². The van der Waals surface area contributed by atoms with Gasteiger partial charge in [0.05, 0.1) is 6.33 Å².